The molecule has 0 saturated carbocycles. The van der Waals surface area contributed by atoms with Gasteiger partial charge in [-0.2, -0.15) is 5.26 Å². The van der Waals surface area contributed by atoms with Gasteiger partial charge in [-0.1, -0.05) is 152 Å². The van der Waals surface area contributed by atoms with E-state index in [0.29, 0.717) is 5.56 Å². The number of hydrogen-bond acceptors (Lipinski definition) is 1. The highest BCUT2D eigenvalue weighted by atomic mass is 15.0. The number of nitrogens with zero attached hydrogens (tertiary/aromatic N) is 2. The molecule has 0 aliphatic rings. The van der Waals surface area contributed by atoms with Crippen molar-refractivity contribution in [1.29, 1.82) is 5.26 Å². The number of aromatic nitrogens is 1. The van der Waals surface area contributed by atoms with Crippen LogP contribution in [0.2, 0.25) is 0 Å². The molecule has 0 unspecified atom stereocenters. The Kier molecular flexibility index (Phi) is 7.23. The summed E-state index contributed by atoms with van der Waals surface area (Å²) in [5, 5.41) is 17.6. The van der Waals surface area contributed by atoms with Crippen molar-refractivity contribution >= 4 is 43.4 Å². The molecule has 0 N–H and O–H groups in total. The van der Waals surface area contributed by atoms with Gasteiger partial charge in [0.1, 0.15) is 0 Å². The van der Waals surface area contributed by atoms with E-state index in [2.05, 4.69) is 193 Å². The zero-order chi connectivity index (χ0) is 35.3. The molecule has 0 amide bonds. The van der Waals surface area contributed by atoms with Crippen LogP contribution in [0.15, 0.2) is 194 Å². The van der Waals surface area contributed by atoms with Crippen LogP contribution in [0.3, 0.4) is 0 Å². The van der Waals surface area contributed by atoms with Crippen molar-refractivity contribution in [2.75, 3.05) is 0 Å². The fourth-order valence-electron chi connectivity index (χ4n) is 8.26. The van der Waals surface area contributed by atoms with Gasteiger partial charge in [-0.15, -0.1) is 0 Å². The van der Waals surface area contributed by atoms with Crippen LogP contribution in [0.4, 0.5) is 0 Å². The summed E-state index contributed by atoms with van der Waals surface area (Å²) < 4.78 is 2.28. The predicted molar refractivity (Wildman–Crippen MR) is 222 cm³/mol. The largest absolute Gasteiger partial charge is 0.309 e. The number of fused-ring (bicyclic) bond motifs is 5. The van der Waals surface area contributed by atoms with Gasteiger partial charge in [-0.25, -0.2) is 0 Å². The average molecular weight is 673 g/mol. The summed E-state index contributed by atoms with van der Waals surface area (Å²) in [5.74, 6) is 0. The smallest absolute Gasteiger partial charge is 0.0992 e. The van der Waals surface area contributed by atoms with Crippen molar-refractivity contribution in [2.24, 2.45) is 0 Å². The Morgan fingerprint density at radius 2 is 0.736 bits per heavy atom. The van der Waals surface area contributed by atoms with Gasteiger partial charge in [0.15, 0.2) is 0 Å². The molecule has 10 aromatic rings. The Labute approximate surface area is 308 Å². The van der Waals surface area contributed by atoms with Crippen LogP contribution in [-0.2, 0) is 0 Å². The first-order valence-corrected chi connectivity index (χ1v) is 18.0. The fourth-order valence-corrected chi connectivity index (χ4v) is 8.26. The maximum Gasteiger partial charge on any atom is 0.0992 e. The molecule has 0 aliphatic heterocycles. The number of para-hydroxylation sites is 2. The molecule has 2 nitrogen and oxygen atoms in total. The Bertz CT molecular complexity index is 2960. The van der Waals surface area contributed by atoms with Gasteiger partial charge in [0.2, 0.25) is 0 Å². The Morgan fingerprint density at radius 3 is 1.28 bits per heavy atom. The summed E-state index contributed by atoms with van der Waals surface area (Å²) in [4.78, 5) is 0. The third kappa shape index (κ3) is 5.10. The second-order valence-corrected chi connectivity index (χ2v) is 13.6. The van der Waals surface area contributed by atoms with Crippen molar-refractivity contribution in [2.45, 2.75) is 0 Å². The zero-order valence-corrected chi connectivity index (χ0v) is 28.9. The van der Waals surface area contributed by atoms with E-state index < -0.39 is 0 Å². The molecule has 246 valence electrons. The lowest BCUT2D eigenvalue weighted by Gasteiger charge is -2.18. The summed E-state index contributed by atoms with van der Waals surface area (Å²) in [5.41, 5.74) is 13.1. The van der Waals surface area contributed by atoms with Gasteiger partial charge in [0.25, 0.3) is 0 Å². The lowest BCUT2D eigenvalue weighted by atomic mass is 9.85. The van der Waals surface area contributed by atoms with Crippen molar-refractivity contribution in [3.05, 3.63) is 200 Å². The first-order chi connectivity index (χ1) is 26.2. The average Bonchev–Trinajstić information content (AvgIpc) is 3.57. The molecule has 0 saturated heterocycles. The van der Waals surface area contributed by atoms with Gasteiger partial charge in [-0.3, -0.25) is 0 Å². The van der Waals surface area contributed by atoms with Crippen LogP contribution in [0.25, 0.3) is 93.5 Å². The summed E-state index contributed by atoms with van der Waals surface area (Å²) in [6.07, 6.45) is 0. The lowest BCUT2D eigenvalue weighted by Crippen LogP contribution is -1.96. The summed E-state index contributed by atoms with van der Waals surface area (Å²) in [6, 6.07) is 71.6. The zero-order valence-electron chi connectivity index (χ0n) is 28.9. The number of hydrogen-bond donors (Lipinski definition) is 0. The summed E-state index contributed by atoms with van der Waals surface area (Å²) in [6.45, 7) is 0. The van der Waals surface area contributed by atoms with Gasteiger partial charge < -0.3 is 4.57 Å². The van der Waals surface area contributed by atoms with E-state index in [1.165, 1.54) is 54.6 Å². The highest BCUT2D eigenvalue weighted by Crippen LogP contribution is 2.44. The van der Waals surface area contributed by atoms with E-state index in [9.17, 15) is 5.26 Å². The number of rotatable bonds is 5. The Morgan fingerprint density at radius 1 is 0.321 bits per heavy atom. The second-order valence-electron chi connectivity index (χ2n) is 13.6. The minimum absolute atomic E-state index is 0.629. The normalized spacial score (nSPS) is 11.4. The molecule has 0 spiro atoms. The van der Waals surface area contributed by atoms with Gasteiger partial charge in [0, 0.05) is 16.5 Å². The van der Waals surface area contributed by atoms with Crippen molar-refractivity contribution in [1.82, 2.24) is 4.57 Å². The van der Waals surface area contributed by atoms with E-state index in [4.69, 9.17) is 0 Å². The second kappa shape index (κ2) is 12.5. The molecule has 1 aromatic heterocycles. The highest BCUT2D eigenvalue weighted by Gasteiger charge is 2.17. The Hall–Kier alpha value is -7.21. The lowest BCUT2D eigenvalue weighted by molar-refractivity contribution is 1.18. The third-order valence-electron chi connectivity index (χ3n) is 10.6. The van der Waals surface area contributed by atoms with Crippen LogP contribution in [0, 0.1) is 11.3 Å². The third-order valence-corrected chi connectivity index (χ3v) is 10.6. The molecule has 0 bridgehead atoms. The van der Waals surface area contributed by atoms with E-state index in [1.54, 1.807) is 0 Å². The quantitative estimate of drug-likeness (QED) is 0.167. The van der Waals surface area contributed by atoms with Crippen molar-refractivity contribution < 1.29 is 0 Å². The first-order valence-electron chi connectivity index (χ1n) is 18.0. The highest BCUT2D eigenvalue weighted by molar-refractivity contribution is 6.21. The van der Waals surface area contributed by atoms with Gasteiger partial charge >= 0.3 is 0 Å². The molecule has 9 aromatic carbocycles. The summed E-state index contributed by atoms with van der Waals surface area (Å²) >= 11 is 0. The monoisotopic (exact) mass is 672 g/mol. The molecule has 0 aliphatic carbocycles. The first kappa shape index (κ1) is 30.6. The molecular formula is C51H32N2. The Balaban J connectivity index is 1.12. The van der Waals surface area contributed by atoms with E-state index in [-0.39, 0.29) is 0 Å². The standard InChI is InChI=1S/C51H32N2/c52-33-34-28-40(32-41(29-34)53-48-26-10-8-20-42(48)43-21-9-11-27-49(43)53)38-18-12-16-36(30-38)37-17-13-19-39(31-37)51-46-24-6-4-22-44(46)50(35-14-2-1-3-15-35)45-23-5-7-25-47(45)51/h1-32H. The molecule has 0 radical (unpaired) electrons. The van der Waals surface area contributed by atoms with Crippen LogP contribution in [0.1, 0.15) is 5.56 Å². The molecule has 2 heteroatoms. The minimum atomic E-state index is 0.629. The molecule has 10 rings (SSSR count). The molecular weight excluding hydrogens is 641 g/mol. The SMILES string of the molecule is N#Cc1cc(-c2cccc(-c3cccc(-c4c5ccccc5c(-c5ccccc5)c5ccccc45)c3)c2)cc(-n2c3ccccc3c3ccccc32)c1. The number of nitriles is 1. The summed E-state index contributed by atoms with van der Waals surface area (Å²) in [7, 11) is 0. The molecule has 1 heterocycles. The van der Waals surface area contributed by atoms with E-state index in [1.807, 2.05) is 12.1 Å². The maximum atomic E-state index is 10.2. The topological polar surface area (TPSA) is 28.7 Å². The molecule has 0 atom stereocenters. The van der Waals surface area contributed by atoms with Gasteiger partial charge in [-0.05, 0) is 109 Å². The van der Waals surface area contributed by atoms with Gasteiger partial charge in [0.05, 0.1) is 22.7 Å². The molecule has 0 fully saturated rings. The minimum Gasteiger partial charge on any atom is -0.309 e. The van der Waals surface area contributed by atoms with Crippen LogP contribution < -0.4 is 0 Å². The number of benzene rings is 9. The van der Waals surface area contributed by atoms with Crippen molar-refractivity contribution in [3.8, 4) is 56.3 Å². The van der Waals surface area contributed by atoms with E-state index in [0.717, 1.165) is 39.0 Å². The van der Waals surface area contributed by atoms with Crippen molar-refractivity contribution in [3.63, 3.8) is 0 Å². The van der Waals surface area contributed by atoms with Crippen LogP contribution in [0.5, 0.6) is 0 Å². The van der Waals surface area contributed by atoms with Crippen LogP contribution >= 0.6 is 0 Å². The maximum absolute atomic E-state index is 10.2. The van der Waals surface area contributed by atoms with Crippen LogP contribution in [-0.4, -0.2) is 4.57 Å². The fraction of sp³-hybridized carbons (Fsp3) is 0. The molecule has 53 heavy (non-hydrogen) atoms. The van der Waals surface area contributed by atoms with E-state index >= 15 is 0 Å². The predicted octanol–water partition coefficient (Wildman–Crippen LogP) is 13.6.